The Morgan fingerprint density at radius 2 is 1.67 bits per heavy atom. The lowest BCUT2D eigenvalue weighted by molar-refractivity contribution is 0.395. The molecular formula is C18H22FNO. The van der Waals surface area contributed by atoms with Crippen molar-refractivity contribution >= 4 is 0 Å². The molecule has 2 atom stereocenters. The fourth-order valence-corrected chi connectivity index (χ4v) is 2.56. The number of ether oxygens (including phenoxy) is 1. The Morgan fingerprint density at radius 3 is 2.33 bits per heavy atom. The highest BCUT2D eigenvalue weighted by Gasteiger charge is 2.16. The maximum absolute atomic E-state index is 13.8. The number of methoxy groups -OCH3 is 1. The third kappa shape index (κ3) is 3.61. The molecule has 3 heteroatoms. The average molecular weight is 287 g/mol. The van der Waals surface area contributed by atoms with Gasteiger partial charge in [0.05, 0.1) is 7.11 Å². The maximum atomic E-state index is 13.8. The van der Waals surface area contributed by atoms with Crippen LogP contribution < -0.4 is 10.1 Å². The van der Waals surface area contributed by atoms with Gasteiger partial charge in [0.2, 0.25) is 0 Å². The molecule has 0 bridgehead atoms. The lowest BCUT2D eigenvalue weighted by atomic mass is 10.0. The van der Waals surface area contributed by atoms with E-state index in [1.165, 1.54) is 6.07 Å². The van der Waals surface area contributed by atoms with E-state index in [0.717, 1.165) is 16.9 Å². The second-order valence-electron chi connectivity index (χ2n) is 5.38. The largest absolute Gasteiger partial charge is 0.496 e. The summed E-state index contributed by atoms with van der Waals surface area (Å²) >= 11 is 0. The Morgan fingerprint density at radius 1 is 1.00 bits per heavy atom. The molecule has 1 N–H and O–H groups in total. The van der Waals surface area contributed by atoms with Gasteiger partial charge in [0.15, 0.2) is 0 Å². The number of rotatable bonds is 5. The fourth-order valence-electron chi connectivity index (χ4n) is 2.56. The topological polar surface area (TPSA) is 21.3 Å². The highest BCUT2D eigenvalue weighted by atomic mass is 19.1. The number of hydrogen-bond acceptors (Lipinski definition) is 2. The molecular weight excluding hydrogens is 265 g/mol. The second kappa shape index (κ2) is 6.72. The first-order valence-electron chi connectivity index (χ1n) is 7.18. The van der Waals surface area contributed by atoms with E-state index in [9.17, 15) is 4.39 Å². The Labute approximate surface area is 126 Å². The van der Waals surface area contributed by atoms with E-state index in [1.54, 1.807) is 13.2 Å². The summed E-state index contributed by atoms with van der Waals surface area (Å²) in [5.41, 5.74) is 2.91. The molecule has 1 unspecified atom stereocenters. The minimum absolute atomic E-state index is 0.0650. The van der Waals surface area contributed by atoms with E-state index in [1.807, 2.05) is 32.0 Å². The predicted molar refractivity (Wildman–Crippen MR) is 84.1 cm³/mol. The van der Waals surface area contributed by atoms with Crippen LogP contribution in [0.1, 0.15) is 42.6 Å². The van der Waals surface area contributed by atoms with Gasteiger partial charge in [0.1, 0.15) is 11.6 Å². The monoisotopic (exact) mass is 287 g/mol. The van der Waals surface area contributed by atoms with Crippen LogP contribution in [0, 0.1) is 12.7 Å². The van der Waals surface area contributed by atoms with E-state index in [0.29, 0.717) is 5.56 Å². The Kier molecular flexibility index (Phi) is 4.97. The van der Waals surface area contributed by atoms with E-state index < -0.39 is 0 Å². The molecule has 0 aliphatic heterocycles. The van der Waals surface area contributed by atoms with Crippen molar-refractivity contribution in [2.45, 2.75) is 32.9 Å². The van der Waals surface area contributed by atoms with Crippen molar-refractivity contribution in [3.63, 3.8) is 0 Å². The summed E-state index contributed by atoms with van der Waals surface area (Å²) in [6.07, 6.45) is 0. The Balaban J connectivity index is 2.18. The Hall–Kier alpha value is -1.87. The molecule has 0 heterocycles. The molecule has 0 radical (unpaired) electrons. The van der Waals surface area contributed by atoms with Gasteiger partial charge in [-0.05, 0) is 38.5 Å². The van der Waals surface area contributed by atoms with Crippen LogP contribution in [0.5, 0.6) is 5.75 Å². The minimum atomic E-state index is -0.180. The molecule has 0 aliphatic rings. The maximum Gasteiger partial charge on any atom is 0.127 e. The van der Waals surface area contributed by atoms with Crippen LogP contribution >= 0.6 is 0 Å². The molecule has 2 aromatic rings. The highest BCUT2D eigenvalue weighted by Crippen LogP contribution is 2.28. The molecule has 2 rings (SSSR count). The molecule has 112 valence electrons. The van der Waals surface area contributed by atoms with Crippen molar-refractivity contribution in [2.75, 3.05) is 7.11 Å². The predicted octanol–water partition coefficient (Wildman–Crippen LogP) is 4.55. The third-order valence-corrected chi connectivity index (χ3v) is 3.73. The van der Waals surface area contributed by atoms with Crippen LogP contribution in [0.25, 0.3) is 0 Å². The lowest BCUT2D eigenvalue weighted by Gasteiger charge is -2.23. The highest BCUT2D eigenvalue weighted by molar-refractivity contribution is 5.39. The van der Waals surface area contributed by atoms with Crippen LogP contribution in [0.3, 0.4) is 0 Å². The number of hydrogen-bond donors (Lipinski definition) is 1. The summed E-state index contributed by atoms with van der Waals surface area (Å²) in [4.78, 5) is 0. The fraction of sp³-hybridized carbons (Fsp3) is 0.333. The zero-order valence-corrected chi connectivity index (χ0v) is 13.0. The normalized spacial score (nSPS) is 13.8. The molecule has 2 nitrogen and oxygen atoms in total. The first-order valence-corrected chi connectivity index (χ1v) is 7.18. The van der Waals surface area contributed by atoms with Gasteiger partial charge in [-0.3, -0.25) is 0 Å². The summed E-state index contributed by atoms with van der Waals surface area (Å²) in [5, 5.41) is 3.43. The van der Waals surface area contributed by atoms with Crippen LogP contribution in [0.4, 0.5) is 4.39 Å². The van der Waals surface area contributed by atoms with Crippen molar-refractivity contribution in [1.29, 1.82) is 0 Å². The molecule has 0 fully saturated rings. The van der Waals surface area contributed by atoms with Gasteiger partial charge >= 0.3 is 0 Å². The molecule has 0 amide bonds. The average Bonchev–Trinajstić information content (AvgIpc) is 2.47. The standard InChI is InChI=1S/C18H22FNO/c1-12-9-10-16(18(11-12)21-4)14(3)20-13(2)15-7-5-6-8-17(15)19/h5-11,13-14,20H,1-4H3/t13-,14?/m1/s1. The smallest absolute Gasteiger partial charge is 0.127 e. The van der Waals surface area contributed by atoms with Crippen molar-refractivity contribution in [1.82, 2.24) is 5.32 Å². The van der Waals surface area contributed by atoms with Gasteiger partial charge < -0.3 is 10.1 Å². The Bertz CT molecular complexity index is 612. The number of nitrogens with one attached hydrogen (secondary N) is 1. The molecule has 0 aliphatic carbocycles. The van der Waals surface area contributed by atoms with E-state index in [2.05, 4.69) is 24.4 Å². The van der Waals surface area contributed by atoms with Crippen molar-refractivity contribution in [3.8, 4) is 5.75 Å². The number of benzene rings is 2. The minimum Gasteiger partial charge on any atom is -0.496 e. The van der Waals surface area contributed by atoms with Crippen molar-refractivity contribution in [2.24, 2.45) is 0 Å². The summed E-state index contributed by atoms with van der Waals surface area (Å²) in [6, 6.07) is 13.0. The molecule has 0 spiro atoms. The molecule has 0 saturated carbocycles. The van der Waals surface area contributed by atoms with Gasteiger partial charge in [0.25, 0.3) is 0 Å². The molecule has 2 aromatic carbocycles. The number of aryl methyl sites for hydroxylation is 1. The van der Waals surface area contributed by atoms with E-state index >= 15 is 0 Å². The zero-order valence-electron chi connectivity index (χ0n) is 13.0. The summed E-state index contributed by atoms with van der Waals surface area (Å²) < 4.78 is 19.3. The van der Waals surface area contributed by atoms with Crippen molar-refractivity contribution in [3.05, 3.63) is 65.0 Å². The first-order chi connectivity index (χ1) is 10.0. The summed E-state index contributed by atoms with van der Waals surface area (Å²) in [7, 11) is 1.67. The van der Waals surface area contributed by atoms with Crippen LogP contribution in [-0.2, 0) is 0 Å². The lowest BCUT2D eigenvalue weighted by Crippen LogP contribution is -2.23. The van der Waals surface area contributed by atoms with E-state index in [-0.39, 0.29) is 17.9 Å². The molecule has 0 aromatic heterocycles. The van der Waals surface area contributed by atoms with Crippen LogP contribution in [-0.4, -0.2) is 7.11 Å². The SMILES string of the molecule is COc1cc(C)ccc1C(C)N[C@H](C)c1ccccc1F. The molecule has 21 heavy (non-hydrogen) atoms. The first kappa shape index (κ1) is 15.5. The van der Waals surface area contributed by atoms with Gasteiger partial charge in [0, 0.05) is 23.2 Å². The quantitative estimate of drug-likeness (QED) is 0.870. The van der Waals surface area contributed by atoms with Gasteiger partial charge in [-0.2, -0.15) is 0 Å². The summed E-state index contributed by atoms with van der Waals surface area (Å²) in [5.74, 6) is 0.677. The van der Waals surface area contributed by atoms with Crippen molar-refractivity contribution < 1.29 is 9.13 Å². The second-order valence-corrected chi connectivity index (χ2v) is 5.38. The van der Waals surface area contributed by atoms with Crippen LogP contribution in [0.15, 0.2) is 42.5 Å². The van der Waals surface area contributed by atoms with Gasteiger partial charge in [-0.15, -0.1) is 0 Å². The van der Waals surface area contributed by atoms with Crippen LogP contribution in [0.2, 0.25) is 0 Å². The molecule has 0 saturated heterocycles. The zero-order chi connectivity index (χ0) is 15.4. The summed E-state index contributed by atoms with van der Waals surface area (Å²) in [6.45, 7) is 6.06. The number of halogens is 1. The third-order valence-electron chi connectivity index (χ3n) is 3.73. The van der Waals surface area contributed by atoms with Gasteiger partial charge in [-0.25, -0.2) is 4.39 Å². The van der Waals surface area contributed by atoms with E-state index in [4.69, 9.17) is 4.74 Å². The van der Waals surface area contributed by atoms with Gasteiger partial charge in [-0.1, -0.05) is 30.3 Å².